The highest BCUT2D eigenvalue weighted by Gasteiger charge is 2.04. The van der Waals surface area contributed by atoms with Gasteiger partial charge in [0.25, 0.3) is 0 Å². The van der Waals surface area contributed by atoms with Crippen molar-refractivity contribution in [1.82, 2.24) is 19.6 Å². The van der Waals surface area contributed by atoms with Crippen LogP contribution in [0.15, 0.2) is 48.8 Å². The number of benzene rings is 1. The van der Waals surface area contributed by atoms with Crippen LogP contribution in [0.25, 0.3) is 11.8 Å². The van der Waals surface area contributed by atoms with Crippen LogP contribution in [0.2, 0.25) is 0 Å². The maximum atomic E-state index is 11.8. The molecule has 6 heteroatoms. The Kier molecular flexibility index (Phi) is 4.79. The van der Waals surface area contributed by atoms with Gasteiger partial charge in [-0.2, -0.15) is 10.2 Å². The first-order chi connectivity index (χ1) is 12.0. The highest BCUT2D eigenvalue weighted by Crippen LogP contribution is 2.13. The van der Waals surface area contributed by atoms with E-state index in [-0.39, 0.29) is 12.6 Å². The van der Waals surface area contributed by atoms with Crippen molar-refractivity contribution in [3.8, 4) is 5.69 Å². The van der Waals surface area contributed by atoms with Crippen LogP contribution in [0.4, 0.5) is 0 Å². The molecule has 2 heterocycles. The number of nitrogens with zero attached hydrogens (tertiary/aromatic N) is 4. The van der Waals surface area contributed by atoms with Crippen LogP contribution >= 0.6 is 0 Å². The van der Waals surface area contributed by atoms with Gasteiger partial charge in [0.1, 0.15) is 6.61 Å². The van der Waals surface area contributed by atoms with E-state index in [0.29, 0.717) is 0 Å². The Labute approximate surface area is 146 Å². The molecule has 0 atom stereocenters. The monoisotopic (exact) mass is 336 g/mol. The van der Waals surface area contributed by atoms with Crippen LogP contribution in [0.5, 0.6) is 0 Å². The molecule has 25 heavy (non-hydrogen) atoms. The lowest BCUT2D eigenvalue weighted by Gasteiger charge is -2.06. The Morgan fingerprint density at radius 1 is 1.24 bits per heavy atom. The summed E-state index contributed by atoms with van der Waals surface area (Å²) in [6, 6.07) is 9.83. The lowest BCUT2D eigenvalue weighted by atomic mass is 10.2. The van der Waals surface area contributed by atoms with E-state index in [0.717, 1.165) is 28.2 Å². The van der Waals surface area contributed by atoms with Crippen molar-refractivity contribution in [1.29, 1.82) is 0 Å². The zero-order chi connectivity index (χ0) is 17.8. The Morgan fingerprint density at radius 2 is 2.00 bits per heavy atom. The van der Waals surface area contributed by atoms with E-state index in [1.165, 1.54) is 6.08 Å². The van der Waals surface area contributed by atoms with Crippen molar-refractivity contribution in [3.63, 3.8) is 0 Å². The molecule has 0 aliphatic heterocycles. The summed E-state index contributed by atoms with van der Waals surface area (Å²) >= 11 is 0. The third kappa shape index (κ3) is 4.23. The van der Waals surface area contributed by atoms with Crippen LogP contribution in [0.3, 0.4) is 0 Å². The summed E-state index contributed by atoms with van der Waals surface area (Å²) in [7, 11) is 1.82. The fraction of sp³-hybridized carbons (Fsp3) is 0.211. The highest BCUT2D eigenvalue weighted by molar-refractivity contribution is 5.86. The first-order valence-electron chi connectivity index (χ1n) is 7.97. The van der Waals surface area contributed by atoms with Gasteiger partial charge >= 0.3 is 5.97 Å². The van der Waals surface area contributed by atoms with E-state index >= 15 is 0 Å². The Morgan fingerprint density at radius 3 is 2.60 bits per heavy atom. The molecular formula is C19H20N4O2. The van der Waals surface area contributed by atoms with Gasteiger partial charge in [-0.3, -0.25) is 4.68 Å². The van der Waals surface area contributed by atoms with Gasteiger partial charge in [0.2, 0.25) is 0 Å². The van der Waals surface area contributed by atoms with Crippen LogP contribution in [0, 0.1) is 13.8 Å². The number of rotatable bonds is 5. The molecule has 0 saturated carbocycles. The minimum atomic E-state index is -0.383. The zero-order valence-electron chi connectivity index (χ0n) is 14.5. The summed E-state index contributed by atoms with van der Waals surface area (Å²) in [6.45, 7) is 4.22. The number of ether oxygens (including phenoxy) is 1. The van der Waals surface area contributed by atoms with Gasteiger partial charge in [-0.15, -0.1) is 0 Å². The molecule has 3 aromatic rings. The highest BCUT2D eigenvalue weighted by atomic mass is 16.5. The number of esters is 1. The topological polar surface area (TPSA) is 61.9 Å². The fourth-order valence-electron chi connectivity index (χ4n) is 2.52. The first kappa shape index (κ1) is 16.7. The Hall–Kier alpha value is -3.15. The van der Waals surface area contributed by atoms with Crippen LogP contribution in [0.1, 0.15) is 22.5 Å². The van der Waals surface area contributed by atoms with E-state index < -0.39 is 0 Å². The number of carbonyl (C=O) groups is 1. The summed E-state index contributed by atoms with van der Waals surface area (Å²) in [6.07, 6.45) is 6.59. The van der Waals surface area contributed by atoms with E-state index in [2.05, 4.69) is 10.2 Å². The second-order valence-corrected chi connectivity index (χ2v) is 5.89. The smallest absolute Gasteiger partial charge is 0.331 e. The third-order valence-corrected chi connectivity index (χ3v) is 3.71. The normalized spacial score (nSPS) is 11.2. The number of carbonyl (C=O) groups excluding carboxylic acids is 1. The van der Waals surface area contributed by atoms with E-state index in [1.54, 1.807) is 17.0 Å². The van der Waals surface area contributed by atoms with E-state index in [1.807, 2.05) is 62.1 Å². The Bertz CT molecular complexity index is 904. The van der Waals surface area contributed by atoms with Gasteiger partial charge in [-0.1, -0.05) is 12.1 Å². The minimum Gasteiger partial charge on any atom is -0.458 e. The predicted octanol–water partition coefficient (Wildman–Crippen LogP) is 2.98. The van der Waals surface area contributed by atoms with Gasteiger partial charge < -0.3 is 4.74 Å². The summed E-state index contributed by atoms with van der Waals surface area (Å²) in [5.74, 6) is -0.383. The summed E-state index contributed by atoms with van der Waals surface area (Å²) < 4.78 is 8.82. The fourth-order valence-corrected chi connectivity index (χ4v) is 2.52. The van der Waals surface area contributed by atoms with Gasteiger partial charge in [0.05, 0.1) is 17.6 Å². The minimum absolute atomic E-state index is 0.230. The van der Waals surface area contributed by atoms with Gasteiger partial charge in [-0.25, -0.2) is 9.48 Å². The number of hydrogen-bond acceptors (Lipinski definition) is 4. The molecule has 0 amide bonds. The van der Waals surface area contributed by atoms with Gasteiger partial charge in [0.15, 0.2) is 0 Å². The summed E-state index contributed by atoms with van der Waals surface area (Å²) in [4.78, 5) is 11.8. The standard InChI is InChI=1S/C19H20N4O2/c1-14-10-15(2)23(21-14)18-7-4-16(5-8-18)13-25-19(24)9-6-17-11-20-22(3)12-17/h4-12H,13H2,1-3H3/b9-6+. The molecule has 0 aliphatic rings. The molecule has 2 aromatic heterocycles. The molecule has 0 spiro atoms. The van der Waals surface area contributed by atoms with Crippen molar-refractivity contribution < 1.29 is 9.53 Å². The van der Waals surface area contributed by atoms with Gasteiger partial charge in [0, 0.05) is 30.6 Å². The molecule has 0 radical (unpaired) electrons. The van der Waals surface area contributed by atoms with Crippen LogP contribution < -0.4 is 0 Å². The summed E-state index contributed by atoms with van der Waals surface area (Å²) in [5.41, 5.74) is 4.83. The molecule has 1 aromatic carbocycles. The van der Waals surface area contributed by atoms with Crippen molar-refractivity contribution >= 4 is 12.0 Å². The molecule has 0 fully saturated rings. The van der Waals surface area contributed by atoms with Crippen LogP contribution in [-0.2, 0) is 23.2 Å². The van der Waals surface area contributed by atoms with E-state index in [4.69, 9.17) is 4.74 Å². The second kappa shape index (κ2) is 7.17. The number of aromatic nitrogens is 4. The summed E-state index contributed by atoms with van der Waals surface area (Å²) in [5, 5.41) is 8.49. The van der Waals surface area contributed by atoms with E-state index in [9.17, 15) is 4.79 Å². The molecular weight excluding hydrogens is 316 g/mol. The third-order valence-electron chi connectivity index (χ3n) is 3.71. The maximum absolute atomic E-state index is 11.8. The van der Waals surface area contributed by atoms with Crippen molar-refractivity contribution in [2.24, 2.45) is 7.05 Å². The van der Waals surface area contributed by atoms with Crippen LogP contribution in [-0.4, -0.2) is 25.5 Å². The molecule has 0 aliphatic carbocycles. The molecule has 0 unspecified atom stereocenters. The van der Waals surface area contributed by atoms with Gasteiger partial charge in [-0.05, 0) is 43.7 Å². The average Bonchev–Trinajstić information content (AvgIpc) is 3.16. The molecule has 6 nitrogen and oxygen atoms in total. The van der Waals surface area contributed by atoms with Crippen molar-refractivity contribution in [2.45, 2.75) is 20.5 Å². The maximum Gasteiger partial charge on any atom is 0.331 e. The molecule has 0 saturated heterocycles. The molecule has 128 valence electrons. The predicted molar refractivity (Wildman–Crippen MR) is 95.1 cm³/mol. The first-order valence-corrected chi connectivity index (χ1v) is 7.97. The molecule has 0 bridgehead atoms. The molecule has 3 rings (SSSR count). The average molecular weight is 336 g/mol. The SMILES string of the molecule is Cc1cc(C)n(-c2ccc(COC(=O)/C=C/c3cnn(C)c3)cc2)n1. The Balaban J connectivity index is 1.57. The quantitative estimate of drug-likeness (QED) is 0.531. The zero-order valence-corrected chi connectivity index (χ0v) is 14.5. The second-order valence-electron chi connectivity index (χ2n) is 5.89. The number of aryl methyl sites for hydroxylation is 3. The number of hydrogen-bond donors (Lipinski definition) is 0. The largest absolute Gasteiger partial charge is 0.458 e. The van der Waals surface area contributed by atoms with Crippen molar-refractivity contribution in [3.05, 3.63) is 71.3 Å². The van der Waals surface area contributed by atoms with Crippen molar-refractivity contribution in [2.75, 3.05) is 0 Å². The lowest BCUT2D eigenvalue weighted by molar-refractivity contribution is -0.138. The lowest BCUT2D eigenvalue weighted by Crippen LogP contribution is -2.02. The molecule has 0 N–H and O–H groups in total.